The fraction of sp³-hybridized carbons (Fsp3) is 0.476. The maximum absolute atomic E-state index is 12.8. The van der Waals surface area contributed by atoms with Gasteiger partial charge in [0.25, 0.3) is 0 Å². The van der Waals surface area contributed by atoms with Crippen molar-refractivity contribution in [3.63, 3.8) is 0 Å². The minimum atomic E-state index is -3.19. The van der Waals surface area contributed by atoms with Crippen LogP contribution in [0.4, 0.5) is 11.4 Å². The van der Waals surface area contributed by atoms with Gasteiger partial charge in [-0.15, -0.1) is 0 Å². The van der Waals surface area contributed by atoms with E-state index < -0.39 is 10.0 Å². The Labute approximate surface area is 166 Å². The summed E-state index contributed by atoms with van der Waals surface area (Å²) < 4.78 is 27.7. The second-order valence-corrected chi connectivity index (χ2v) is 9.90. The Balaban J connectivity index is 1.44. The number of carbonyl (C=O) groups excluding carboxylic acids is 1. The zero-order valence-corrected chi connectivity index (χ0v) is 16.8. The first-order valence-corrected chi connectivity index (χ1v) is 11.6. The van der Waals surface area contributed by atoms with Crippen molar-refractivity contribution in [1.29, 1.82) is 0 Å². The summed E-state index contributed by atoms with van der Waals surface area (Å²) in [4.78, 5) is 12.8. The molecule has 150 valence electrons. The number of hydrogen-bond donors (Lipinski definition) is 1. The quantitative estimate of drug-likeness (QED) is 0.830. The second kappa shape index (κ2) is 7.62. The number of nitrogens with zero attached hydrogens (tertiary/aromatic N) is 2. The van der Waals surface area contributed by atoms with Crippen molar-refractivity contribution in [2.75, 3.05) is 21.9 Å². The second-order valence-electron chi connectivity index (χ2n) is 7.89. The minimum absolute atomic E-state index is 0.00264. The fourth-order valence-electron chi connectivity index (χ4n) is 4.53. The molecule has 0 bridgehead atoms. The highest BCUT2D eigenvalue weighted by atomic mass is 32.2. The van der Waals surface area contributed by atoms with Gasteiger partial charge < -0.3 is 9.88 Å². The number of anilines is 2. The van der Waals surface area contributed by atoms with Gasteiger partial charge >= 0.3 is 0 Å². The number of amides is 1. The Morgan fingerprint density at radius 1 is 1.00 bits per heavy atom. The summed E-state index contributed by atoms with van der Waals surface area (Å²) >= 11 is 0. The molecule has 0 spiro atoms. The molecule has 1 N–H and O–H groups in total. The van der Waals surface area contributed by atoms with Crippen LogP contribution in [-0.4, -0.2) is 31.2 Å². The van der Waals surface area contributed by atoms with Gasteiger partial charge in [0.2, 0.25) is 15.9 Å². The first-order chi connectivity index (χ1) is 13.5. The zero-order valence-electron chi connectivity index (χ0n) is 16.0. The summed E-state index contributed by atoms with van der Waals surface area (Å²) in [7, 11) is -3.19. The van der Waals surface area contributed by atoms with Gasteiger partial charge in [-0.05, 0) is 55.7 Å². The number of sulfonamides is 1. The van der Waals surface area contributed by atoms with E-state index in [1.165, 1.54) is 10.7 Å². The van der Waals surface area contributed by atoms with Crippen molar-refractivity contribution < 1.29 is 13.2 Å². The molecule has 1 saturated heterocycles. The van der Waals surface area contributed by atoms with E-state index in [0.717, 1.165) is 25.7 Å². The van der Waals surface area contributed by atoms with Crippen LogP contribution in [0.2, 0.25) is 0 Å². The van der Waals surface area contributed by atoms with E-state index in [2.05, 4.69) is 22.3 Å². The van der Waals surface area contributed by atoms with Crippen LogP contribution in [0.5, 0.6) is 0 Å². The van der Waals surface area contributed by atoms with Gasteiger partial charge in [0, 0.05) is 24.6 Å². The Hall–Kier alpha value is -2.28. The third-order valence-corrected chi connectivity index (χ3v) is 7.83. The molecule has 0 atom stereocenters. The van der Waals surface area contributed by atoms with E-state index in [4.69, 9.17) is 0 Å². The van der Waals surface area contributed by atoms with Crippen LogP contribution >= 0.6 is 0 Å². The van der Waals surface area contributed by atoms with Crippen molar-refractivity contribution in [3.05, 3.63) is 48.8 Å². The van der Waals surface area contributed by atoms with Gasteiger partial charge in [0.15, 0.2) is 0 Å². The van der Waals surface area contributed by atoms with Crippen LogP contribution in [0.1, 0.15) is 44.9 Å². The Bertz CT molecular complexity index is 914. The van der Waals surface area contributed by atoms with Crippen LogP contribution in [0, 0.1) is 0 Å². The molecule has 7 heteroatoms. The van der Waals surface area contributed by atoms with Crippen LogP contribution < -0.4 is 9.62 Å². The van der Waals surface area contributed by atoms with Gasteiger partial charge in [0.1, 0.15) is 0 Å². The summed E-state index contributed by atoms with van der Waals surface area (Å²) in [6.07, 6.45) is 10.8. The van der Waals surface area contributed by atoms with Crippen LogP contribution in [0.25, 0.3) is 0 Å². The molecule has 4 rings (SSSR count). The molecule has 0 unspecified atom stereocenters. The summed E-state index contributed by atoms with van der Waals surface area (Å²) in [6.45, 7) is 0.521. The molecular formula is C21H27N3O3S. The topological polar surface area (TPSA) is 71.4 Å². The number of rotatable bonds is 5. The maximum atomic E-state index is 12.8. The lowest BCUT2D eigenvalue weighted by Crippen LogP contribution is -2.38. The molecule has 2 aliphatic rings. The van der Waals surface area contributed by atoms with E-state index in [1.807, 2.05) is 12.1 Å². The highest BCUT2D eigenvalue weighted by molar-refractivity contribution is 7.93. The third kappa shape index (κ3) is 3.81. The normalized spacial score (nSPS) is 20.8. The number of hydrogen-bond acceptors (Lipinski definition) is 3. The maximum Gasteiger partial charge on any atom is 0.235 e. The first kappa shape index (κ1) is 19.1. The predicted octanol–water partition coefficient (Wildman–Crippen LogP) is 3.72. The van der Waals surface area contributed by atoms with E-state index in [9.17, 15) is 13.2 Å². The highest BCUT2D eigenvalue weighted by Crippen LogP contribution is 2.38. The predicted molar refractivity (Wildman–Crippen MR) is 111 cm³/mol. The number of nitrogens with one attached hydrogen (secondary N) is 1. The van der Waals surface area contributed by atoms with Crippen molar-refractivity contribution in [3.8, 4) is 0 Å². The van der Waals surface area contributed by atoms with Crippen molar-refractivity contribution >= 4 is 27.3 Å². The van der Waals surface area contributed by atoms with Gasteiger partial charge in [0.05, 0.1) is 23.4 Å². The van der Waals surface area contributed by atoms with Gasteiger partial charge in [-0.1, -0.05) is 19.3 Å². The summed E-state index contributed by atoms with van der Waals surface area (Å²) in [5.41, 5.74) is 1.21. The molecule has 6 nitrogen and oxygen atoms in total. The van der Waals surface area contributed by atoms with Gasteiger partial charge in [-0.2, -0.15) is 0 Å². The van der Waals surface area contributed by atoms with Crippen molar-refractivity contribution in [2.45, 2.75) is 50.5 Å². The average Bonchev–Trinajstić information content (AvgIpc) is 3.33. The van der Waals surface area contributed by atoms with Gasteiger partial charge in [-0.25, -0.2) is 8.42 Å². The lowest BCUT2D eigenvalue weighted by atomic mass is 9.78. The lowest BCUT2D eigenvalue weighted by molar-refractivity contribution is -0.118. The molecule has 1 aromatic heterocycles. The third-order valence-electron chi connectivity index (χ3n) is 5.96. The Morgan fingerprint density at radius 2 is 1.68 bits per heavy atom. The standard InChI is InChI=1S/C21H27N3O3S/c25-20(17-21(11-2-1-3-12-21)23-13-4-5-14-23)22-18-7-9-19(10-8-18)24-15-6-16-28(24,26)27/h4-5,7-10,13-14H,1-3,6,11-12,15-17H2,(H,22,25). The first-order valence-electron chi connectivity index (χ1n) is 10.0. The van der Waals surface area contributed by atoms with E-state index in [0.29, 0.717) is 30.8 Å². The summed E-state index contributed by atoms with van der Waals surface area (Å²) in [6, 6.07) is 11.1. The molecule has 2 aromatic rings. The lowest BCUT2D eigenvalue weighted by Gasteiger charge is -2.38. The molecule has 28 heavy (non-hydrogen) atoms. The van der Waals surface area contributed by atoms with E-state index in [1.54, 1.807) is 24.3 Å². The Kier molecular flexibility index (Phi) is 5.19. The Morgan fingerprint density at radius 3 is 2.29 bits per heavy atom. The van der Waals surface area contributed by atoms with E-state index >= 15 is 0 Å². The minimum Gasteiger partial charge on any atom is -0.348 e. The fourth-order valence-corrected chi connectivity index (χ4v) is 6.10. The smallest absolute Gasteiger partial charge is 0.235 e. The largest absolute Gasteiger partial charge is 0.348 e. The van der Waals surface area contributed by atoms with Gasteiger partial charge in [-0.3, -0.25) is 9.10 Å². The molecule has 1 aliphatic carbocycles. The van der Waals surface area contributed by atoms with E-state index in [-0.39, 0.29) is 17.2 Å². The average molecular weight is 402 g/mol. The number of benzene rings is 1. The molecule has 0 radical (unpaired) electrons. The highest BCUT2D eigenvalue weighted by Gasteiger charge is 2.35. The SMILES string of the molecule is O=C(CC1(n2cccc2)CCCCC1)Nc1ccc(N2CCCS2(=O)=O)cc1. The molecule has 2 fully saturated rings. The van der Waals surface area contributed by atoms with Crippen LogP contribution in [-0.2, 0) is 20.4 Å². The zero-order chi connectivity index (χ0) is 19.6. The number of aromatic nitrogens is 1. The van der Waals surface area contributed by atoms with Crippen molar-refractivity contribution in [1.82, 2.24) is 4.57 Å². The molecular weight excluding hydrogens is 374 g/mol. The molecule has 1 saturated carbocycles. The van der Waals surface area contributed by atoms with Crippen LogP contribution in [0.3, 0.4) is 0 Å². The van der Waals surface area contributed by atoms with Crippen LogP contribution in [0.15, 0.2) is 48.8 Å². The summed E-state index contributed by atoms with van der Waals surface area (Å²) in [5, 5.41) is 2.99. The number of carbonyl (C=O) groups is 1. The monoisotopic (exact) mass is 401 g/mol. The summed E-state index contributed by atoms with van der Waals surface area (Å²) in [5.74, 6) is 0.199. The molecule has 1 aromatic carbocycles. The molecule has 1 aliphatic heterocycles. The molecule has 1 amide bonds. The molecule has 2 heterocycles. The van der Waals surface area contributed by atoms with Crippen molar-refractivity contribution in [2.24, 2.45) is 0 Å².